The van der Waals surface area contributed by atoms with E-state index in [0.717, 1.165) is 66.9 Å². The van der Waals surface area contributed by atoms with E-state index in [9.17, 15) is 1.37 Å². The molecule has 4 nitrogen and oxygen atoms in total. The molecule has 10 rings (SSSR count). The van der Waals surface area contributed by atoms with Crippen molar-refractivity contribution in [1.29, 1.82) is 0 Å². The summed E-state index contributed by atoms with van der Waals surface area (Å²) in [6, 6.07) is 65.0. The summed E-state index contributed by atoms with van der Waals surface area (Å²) in [5, 5.41) is 3.43. The molecule has 0 aliphatic heterocycles. The molecule has 2 atom stereocenters. The summed E-state index contributed by atoms with van der Waals surface area (Å²) in [7, 11) is -1.65. The summed E-state index contributed by atoms with van der Waals surface area (Å²) in [6.45, 7) is 18.0. The number of hydrogen-bond donors (Lipinski definition) is 0. The molecular weight excluding hydrogens is 987 g/mol. The number of rotatable bonds is 8. The van der Waals surface area contributed by atoms with Crippen LogP contribution in [0.25, 0.3) is 72.4 Å². The molecule has 3 aromatic heterocycles. The van der Waals surface area contributed by atoms with Crippen molar-refractivity contribution in [3.63, 3.8) is 0 Å². The minimum absolute atomic E-state index is 0. The van der Waals surface area contributed by atoms with Crippen LogP contribution in [0, 0.1) is 12.1 Å². The monoisotopic (exact) mass is 1040 g/mol. The second-order valence-corrected chi connectivity index (χ2v) is 23.8. The van der Waals surface area contributed by atoms with Crippen molar-refractivity contribution in [2.45, 2.75) is 71.5 Å². The topological polar surface area (TPSA) is 43.9 Å². The molecule has 1 radical (unpaired) electrons. The van der Waals surface area contributed by atoms with Crippen LogP contribution in [0.3, 0.4) is 0 Å². The summed E-state index contributed by atoms with van der Waals surface area (Å²) in [5.74, 6) is 0.150. The first-order chi connectivity index (χ1) is 31.2. The Morgan fingerprint density at radius 1 is 0.708 bits per heavy atom. The van der Waals surface area contributed by atoms with Crippen molar-refractivity contribution in [2.75, 3.05) is 0 Å². The Labute approximate surface area is 400 Å². The molecule has 10 aromatic rings. The van der Waals surface area contributed by atoms with E-state index in [4.69, 9.17) is 14.4 Å². The number of furan rings is 1. The maximum atomic E-state index is 9.37. The van der Waals surface area contributed by atoms with E-state index in [1.54, 1.807) is 0 Å². The predicted octanol–water partition coefficient (Wildman–Crippen LogP) is 15.4. The Hall–Kier alpha value is -6.17. The molecule has 0 saturated heterocycles. The molecule has 6 heteroatoms. The van der Waals surface area contributed by atoms with Crippen LogP contribution < -0.4 is 5.19 Å². The number of pyridine rings is 1. The third kappa shape index (κ3) is 9.09. The first-order valence-corrected chi connectivity index (χ1v) is 25.7. The van der Waals surface area contributed by atoms with Gasteiger partial charge in [-0.2, -0.15) is 0 Å². The largest absolute Gasteiger partial charge is 0.501 e. The number of imidazole rings is 1. The molecule has 0 saturated carbocycles. The quantitative estimate of drug-likeness (QED) is 0.113. The Morgan fingerprint density at radius 2 is 1.40 bits per heavy atom. The van der Waals surface area contributed by atoms with Gasteiger partial charge in [-0.3, -0.25) is 4.98 Å². The smallest absolute Gasteiger partial charge is 0.120 e. The fraction of sp³-hybridized carbons (Fsp3) is 0.186. The third-order valence-electron chi connectivity index (χ3n) is 12.3. The van der Waals surface area contributed by atoms with Crippen LogP contribution in [0.5, 0.6) is 0 Å². The maximum absolute atomic E-state index is 9.37. The standard InChI is InChI=1S/C35H27N2O.C24H28NSi.Ir/c1-35(2,3)28-19-12-16-24(23-13-5-4-6-14-23)32(28)37-30-21-9-8-20-29(30)36-34(37)27-18-11-17-26-25-15-7-10-22-31(25)38-33(26)27;1-18(20-12-8-6-9-13-20)19(2)22-16-23(21-14-10-7-11-15-21)25-17-24(22)26(3,4)5;/h4-17,19-22H,1-3H3;6-14,16-19H,1-5H3;/q2*-1;/i;19D;. The third-order valence-corrected chi connectivity index (χ3v) is 14.4. The fourth-order valence-corrected chi connectivity index (χ4v) is 10.4. The van der Waals surface area contributed by atoms with Gasteiger partial charge >= 0.3 is 0 Å². The van der Waals surface area contributed by atoms with E-state index in [1.807, 2.05) is 67.7 Å². The molecule has 0 aliphatic rings. The average molecular weight is 1040 g/mol. The molecule has 0 N–H and O–H groups in total. The van der Waals surface area contributed by atoms with Crippen LogP contribution in [0.15, 0.2) is 180 Å². The molecule has 7 aromatic carbocycles. The average Bonchev–Trinajstić information content (AvgIpc) is 3.90. The maximum Gasteiger partial charge on any atom is 0.120 e. The van der Waals surface area contributed by atoms with Gasteiger partial charge in [-0.15, -0.1) is 54.1 Å². The Balaban J connectivity index is 0.000000188. The number of para-hydroxylation sites is 4. The Bertz CT molecular complexity index is 3270. The van der Waals surface area contributed by atoms with Crippen molar-refractivity contribution < 1.29 is 25.9 Å². The Kier molecular flexibility index (Phi) is 12.7. The SMILES string of the molecule is CC(C)(C)c1cccc(-c2ccccc2)c1-n1c(-c2[c-]ccc3c2oc2ccccc23)nc2ccccc21.[2H]C(C)(c1cc(-c2[c-]cccc2)ncc1[Si](C)(C)C)C(C)c1ccccc1.[Ir]. The zero-order chi connectivity index (χ0) is 45.5. The van der Waals surface area contributed by atoms with E-state index >= 15 is 0 Å². The Morgan fingerprint density at radius 3 is 2.12 bits per heavy atom. The van der Waals surface area contributed by atoms with Gasteiger partial charge in [-0.25, -0.2) is 0 Å². The van der Waals surface area contributed by atoms with Gasteiger partial charge in [0.1, 0.15) is 5.58 Å². The second-order valence-electron chi connectivity index (χ2n) is 18.7. The van der Waals surface area contributed by atoms with E-state index in [0.29, 0.717) is 0 Å². The molecule has 65 heavy (non-hydrogen) atoms. The van der Waals surface area contributed by atoms with Gasteiger partial charge in [0.15, 0.2) is 0 Å². The molecule has 3 heterocycles. The van der Waals surface area contributed by atoms with Crippen LogP contribution in [-0.2, 0) is 25.5 Å². The van der Waals surface area contributed by atoms with E-state index in [2.05, 4.69) is 179 Å². The second kappa shape index (κ2) is 18.7. The fourth-order valence-electron chi connectivity index (χ4n) is 8.82. The zero-order valence-electron chi connectivity index (χ0n) is 39.4. The van der Waals surface area contributed by atoms with E-state index in [-0.39, 0.29) is 31.4 Å². The van der Waals surface area contributed by atoms with Crippen molar-refractivity contribution >= 4 is 46.2 Å². The molecule has 0 spiro atoms. The summed E-state index contributed by atoms with van der Waals surface area (Å²) in [6.07, 6.45) is 2.02. The molecule has 2 unspecified atom stereocenters. The van der Waals surface area contributed by atoms with Crippen LogP contribution in [-0.4, -0.2) is 22.6 Å². The summed E-state index contributed by atoms with van der Waals surface area (Å²) in [5.41, 5.74) is 13.3. The van der Waals surface area contributed by atoms with Gasteiger partial charge in [0, 0.05) is 38.6 Å². The first-order valence-electron chi connectivity index (χ1n) is 22.7. The molecule has 0 aliphatic carbocycles. The van der Waals surface area contributed by atoms with Crippen molar-refractivity contribution in [1.82, 2.24) is 14.5 Å². The van der Waals surface area contributed by atoms with Gasteiger partial charge in [0.05, 0.1) is 36.2 Å². The molecular formula is C59H55IrN3OSi-2. The normalized spacial score (nSPS) is 13.4. The number of nitrogens with zero attached hydrogens (tertiary/aromatic N) is 3. The van der Waals surface area contributed by atoms with Crippen LogP contribution in [0.1, 0.15) is 64.5 Å². The summed E-state index contributed by atoms with van der Waals surface area (Å²) >= 11 is 0. The van der Waals surface area contributed by atoms with E-state index < -0.39 is 14.0 Å². The number of hydrogen-bond acceptors (Lipinski definition) is 3. The summed E-state index contributed by atoms with van der Waals surface area (Å²) in [4.78, 5) is 9.95. The van der Waals surface area contributed by atoms with Gasteiger partial charge in [-0.1, -0.05) is 186 Å². The van der Waals surface area contributed by atoms with Gasteiger partial charge in [0.2, 0.25) is 0 Å². The number of aromatic nitrogens is 3. The molecule has 327 valence electrons. The van der Waals surface area contributed by atoms with Gasteiger partial charge < -0.3 is 14.0 Å². The van der Waals surface area contributed by atoms with Crippen molar-refractivity contribution in [3.05, 3.63) is 205 Å². The number of benzene rings is 7. The first kappa shape index (κ1) is 44.0. The van der Waals surface area contributed by atoms with Crippen molar-refractivity contribution in [2.24, 2.45) is 0 Å². The summed E-state index contributed by atoms with van der Waals surface area (Å²) < 4.78 is 18.1. The van der Waals surface area contributed by atoms with Crippen molar-refractivity contribution in [3.8, 4) is 39.5 Å². The van der Waals surface area contributed by atoms with E-state index in [1.165, 1.54) is 27.4 Å². The van der Waals surface area contributed by atoms with Crippen LogP contribution in [0.4, 0.5) is 0 Å². The zero-order valence-corrected chi connectivity index (χ0v) is 41.8. The molecule has 0 bridgehead atoms. The van der Waals surface area contributed by atoms with Crippen LogP contribution in [0.2, 0.25) is 19.6 Å². The van der Waals surface area contributed by atoms with Crippen LogP contribution >= 0.6 is 0 Å². The minimum Gasteiger partial charge on any atom is -0.501 e. The van der Waals surface area contributed by atoms with Gasteiger partial charge in [0.25, 0.3) is 0 Å². The predicted molar refractivity (Wildman–Crippen MR) is 272 cm³/mol. The van der Waals surface area contributed by atoms with Gasteiger partial charge in [-0.05, 0) is 63.0 Å². The number of fused-ring (bicyclic) bond motifs is 4. The molecule has 0 amide bonds. The minimum atomic E-state index is -1.65. The molecule has 0 fully saturated rings.